The van der Waals surface area contributed by atoms with Crippen LogP contribution >= 0.6 is 0 Å². The smallest absolute Gasteiger partial charge is 0.123 e. The lowest BCUT2D eigenvalue weighted by molar-refractivity contribution is 0.296. The van der Waals surface area contributed by atoms with E-state index in [0.29, 0.717) is 6.04 Å². The molecule has 3 heteroatoms. The molecule has 0 radical (unpaired) electrons. The predicted octanol–water partition coefficient (Wildman–Crippen LogP) is 4.32. The summed E-state index contributed by atoms with van der Waals surface area (Å²) in [6.45, 7) is 3.14. The van der Waals surface area contributed by atoms with Gasteiger partial charge >= 0.3 is 0 Å². The zero-order chi connectivity index (χ0) is 15.1. The van der Waals surface area contributed by atoms with Crippen LogP contribution in [0.4, 0.5) is 0 Å². The first-order chi connectivity index (χ1) is 10.3. The summed E-state index contributed by atoms with van der Waals surface area (Å²) < 4.78 is 11.0. The molecule has 118 valence electrons. The fourth-order valence-corrected chi connectivity index (χ4v) is 3.43. The summed E-state index contributed by atoms with van der Waals surface area (Å²) in [5.41, 5.74) is 1.23. The van der Waals surface area contributed by atoms with Gasteiger partial charge in [-0.2, -0.15) is 0 Å². The number of methoxy groups -OCH3 is 2. The van der Waals surface area contributed by atoms with Crippen LogP contribution in [-0.4, -0.2) is 20.8 Å². The van der Waals surface area contributed by atoms with Crippen LogP contribution in [0.2, 0.25) is 0 Å². The average molecular weight is 291 g/mol. The number of rotatable bonds is 7. The highest BCUT2D eigenvalue weighted by Crippen LogP contribution is 2.36. The van der Waals surface area contributed by atoms with Gasteiger partial charge in [0, 0.05) is 11.6 Å². The van der Waals surface area contributed by atoms with Crippen molar-refractivity contribution in [3.05, 3.63) is 23.8 Å². The monoisotopic (exact) mass is 291 g/mol. The SMILES string of the molecule is CCNC(CC1CCCCC1)c1cc(OC)ccc1OC. The van der Waals surface area contributed by atoms with E-state index in [1.54, 1.807) is 14.2 Å². The first-order valence-electron chi connectivity index (χ1n) is 8.23. The molecule has 3 nitrogen and oxygen atoms in total. The molecular weight excluding hydrogens is 262 g/mol. The highest BCUT2D eigenvalue weighted by Gasteiger charge is 2.22. The Morgan fingerprint density at radius 3 is 2.52 bits per heavy atom. The average Bonchev–Trinajstić information content (AvgIpc) is 2.55. The standard InChI is InChI=1S/C18H29NO2/c1-4-19-17(12-14-8-6-5-7-9-14)16-13-15(20-2)10-11-18(16)21-3/h10-11,13-14,17,19H,4-9,12H2,1-3H3. The van der Waals surface area contributed by atoms with Gasteiger partial charge in [-0.1, -0.05) is 39.0 Å². The molecule has 1 aromatic rings. The van der Waals surface area contributed by atoms with Crippen LogP contribution < -0.4 is 14.8 Å². The molecule has 1 saturated carbocycles. The molecule has 1 N–H and O–H groups in total. The normalized spacial score (nSPS) is 17.5. The van der Waals surface area contributed by atoms with E-state index in [1.165, 1.54) is 44.1 Å². The summed E-state index contributed by atoms with van der Waals surface area (Å²) in [6.07, 6.45) is 8.11. The van der Waals surface area contributed by atoms with Gasteiger partial charge in [-0.3, -0.25) is 0 Å². The third-order valence-corrected chi connectivity index (χ3v) is 4.56. The molecule has 1 aromatic carbocycles. The summed E-state index contributed by atoms with van der Waals surface area (Å²) in [4.78, 5) is 0. The summed E-state index contributed by atoms with van der Waals surface area (Å²) in [5, 5.41) is 3.64. The molecule has 1 unspecified atom stereocenters. The molecule has 1 aliphatic carbocycles. The van der Waals surface area contributed by atoms with E-state index in [9.17, 15) is 0 Å². The van der Waals surface area contributed by atoms with Crippen molar-refractivity contribution >= 4 is 0 Å². The summed E-state index contributed by atoms with van der Waals surface area (Å²) in [5.74, 6) is 2.69. The second-order valence-corrected chi connectivity index (χ2v) is 5.96. The maximum Gasteiger partial charge on any atom is 0.123 e. The van der Waals surface area contributed by atoms with E-state index < -0.39 is 0 Å². The van der Waals surface area contributed by atoms with Gasteiger partial charge in [-0.25, -0.2) is 0 Å². The molecule has 1 atom stereocenters. The fourth-order valence-electron chi connectivity index (χ4n) is 3.43. The molecule has 2 rings (SSSR count). The van der Waals surface area contributed by atoms with Gasteiger partial charge in [0.15, 0.2) is 0 Å². The van der Waals surface area contributed by atoms with Gasteiger partial charge in [0.1, 0.15) is 11.5 Å². The van der Waals surface area contributed by atoms with Gasteiger partial charge < -0.3 is 14.8 Å². The van der Waals surface area contributed by atoms with Crippen LogP contribution in [-0.2, 0) is 0 Å². The molecule has 0 saturated heterocycles. The molecule has 1 fully saturated rings. The Bertz CT molecular complexity index is 427. The van der Waals surface area contributed by atoms with Crippen molar-refractivity contribution < 1.29 is 9.47 Å². The number of benzene rings is 1. The zero-order valence-electron chi connectivity index (χ0n) is 13.7. The molecule has 0 amide bonds. The van der Waals surface area contributed by atoms with Crippen LogP contribution in [0.5, 0.6) is 11.5 Å². The molecule has 0 aromatic heterocycles. The zero-order valence-corrected chi connectivity index (χ0v) is 13.7. The minimum atomic E-state index is 0.350. The van der Waals surface area contributed by atoms with Crippen LogP contribution in [0.1, 0.15) is 57.1 Å². The van der Waals surface area contributed by atoms with E-state index >= 15 is 0 Å². The van der Waals surface area contributed by atoms with Gasteiger partial charge in [0.05, 0.1) is 14.2 Å². The largest absolute Gasteiger partial charge is 0.497 e. The molecular formula is C18H29NO2. The minimum Gasteiger partial charge on any atom is -0.497 e. The van der Waals surface area contributed by atoms with E-state index in [1.807, 2.05) is 12.1 Å². The summed E-state index contributed by atoms with van der Waals surface area (Å²) in [7, 11) is 3.46. The first-order valence-corrected chi connectivity index (χ1v) is 8.23. The minimum absolute atomic E-state index is 0.350. The van der Waals surface area contributed by atoms with Gasteiger partial charge in [-0.15, -0.1) is 0 Å². The van der Waals surface area contributed by atoms with Gasteiger partial charge in [0.25, 0.3) is 0 Å². The van der Waals surface area contributed by atoms with Crippen LogP contribution in [0, 0.1) is 5.92 Å². The molecule has 0 spiro atoms. The number of nitrogens with one attached hydrogen (secondary N) is 1. The summed E-state index contributed by atoms with van der Waals surface area (Å²) >= 11 is 0. The Hall–Kier alpha value is -1.22. The lowest BCUT2D eigenvalue weighted by Crippen LogP contribution is -2.25. The van der Waals surface area contributed by atoms with Crippen LogP contribution in [0.3, 0.4) is 0 Å². The van der Waals surface area contributed by atoms with Crippen molar-refractivity contribution in [2.45, 2.75) is 51.5 Å². The van der Waals surface area contributed by atoms with Crippen molar-refractivity contribution in [1.29, 1.82) is 0 Å². The van der Waals surface area contributed by atoms with Crippen molar-refractivity contribution in [2.24, 2.45) is 5.92 Å². The third kappa shape index (κ3) is 4.37. The highest BCUT2D eigenvalue weighted by molar-refractivity contribution is 5.42. The second-order valence-electron chi connectivity index (χ2n) is 5.96. The lowest BCUT2D eigenvalue weighted by Gasteiger charge is -2.28. The van der Waals surface area contributed by atoms with E-state index in [4.69, 9.17) is 9.47 Å². The molecule has 21 heavy (non-hydrogen) atoms. The Balaban J connectivity index is 2.18. The fraction of sp³-hybridized carbons (Fsp3) is 0.667. The predicted molar refractivity (Wildman–Crippen MR) is 87.2 cm³/mol. The lowest BCUT2D eigenvalue weighted by atomic mass is 9.83. The van der Waals surface area contributed by atoms with Gasteiger partial charge in [-0.05, 0) is 37.1 Å². The maximum atomic E-state index is 5.57. The van der Waals surface area contributed by atoms with E-state index in [2.05, 4.69) is 18.3 Å². The first kappa shape index (κ1) is 16.2. The third-order valence-electron chi connectivity index (χ3n) is 4.56. The highest BCUT2D eigenvalue weighted by atomic mass is 16.5. The number of ether oxygens (including phenoxy) is 2. The molecule has 0 bridgehead atoms. The van der Waals surface area contributed by atoms with E-state index in [0.717, 1.165) is 24.0 Å². The van der Waals surface area contributed by atoms with Crippen molar-refractivity contribution in [3.63, 3.8) is 0 Å². The van der Waals surface area contributed by atoms with Crippen LogP contribution in [0.25, 0.3) is 0 Å². The van der Waals surface area contributed by atoms with Crippen molar-refractivity contribution in [2.75, 3.05) is 20.8 Å². The Morgan fingerprint density at radius 2 is 1.90 bits per heavy atom. The van der Waals surface area contributed by atoms with Crippen molar-refractivity contribution in [1.82, 2.24) is 5.32 Å². The number of hydrogen-bond acceptors (Lipinski definition) is 3. The summed E-state index contributed by atoms with van der Waals surface area (Å²) in [6, 6.07) is 6.45. The Labute approximate surface area is 129 Å². The Kier molecular flexibility index (Phi) is 6.37. The Morgan fingerprint density at radius 1 is 1.14 bits per heavy atom. The topological polar surface area (TPSA) is 30.5 Å². The van der Waals surface area contributed by atoms with Gasteiger partial charge in [0.2, 0.25) is 0 Å². The quantitative estimate of drug-likeness (QED) is 0.811. The molecule has 0 aliphatic heterocycles. The number of hydrogen-bond donors (Lipinski definition) is 1. The molecule has 0 heterocycles. The maximum absolute atomic E-state index is 5.57. The van der Waals surface area contributed by atoms with Crippen LogP contribution in [0.15, 0.2) is 18.2 Å². The second kappa shape index (κ2) is 8.28. The van der Waals surface area contributed by atoms with E-state index in [-0.39, 0.29) is 0 Å². The molecule has 1 aliphatic rings. The van der Waals surface area contributed by atoms with Crippen molar-refractivity contribution in [3.8, 4) is 11.5 Å².